The van der Waals surface area contributed by atoms with Crippen LogP contribution in [0.5, 0.6) is 0 Å². The van der Waals surface area contributed by atoms with Crippen LogP contribution >= 0.6 is 0 Å². The maximum atomic E-state index is 14.0. The molecule has 0 radical (unpaired) electrons. The van der Waals surface area contributed by atoms with Gasteiger partial charge < -0.3 is 30.2 Å². The molecule has 12 heteroatoms. The molecule has 4 aromatic rings. The van der Waals surface area contributed by atoms with Crippen LogP contribution < -0.4 is 16.3 Å². The maximum absolute atomic E-state index is 14.0. The first-order chi connectivity index (χ1) is 20.3. The number of alkyl carbamates (subject to hydrolysis) is 1. The number of carbonyl (C=O) groups is 3. The number of pyridine rings is 1. The molecular formula is C31H39N7O5. The minimum atomic E-state index is -1.35. The standard InChI is InChI=1S/C31H39N7O5/c1-30(2,3)43-29(42)36-31(4,5)27(40)34-23(16-19-17-33-22-9-7-6-8-21(19)22)26(39)37-14-11-20(12-15-37)38-25-10-13-32-18-24(25)35-28(38)41/h6-10,13,17-18,20,23,33H,11-12,14-16H2,1-5H3,(H,34,40)(H,35,41)(H,36,42)/t23-/m1/s1. The first kappa shape index (κ1) is 29.9. The molecule has 0 saturated carbocycles. The molecular weight excluding hydrogens is 550 g/mol. The van der Waals surface area contributed by atoms with Gasteiger partial charge in [0.05, 0.1) is 17.2 Å². The summed E-state index contributed by atoms with van der Waals surface area (Å²) in [5, 5.41) is 6.50. The van der Waals surface area contributed by atoms with Gasteiger partial charge in [0.25, 0.3) is 0 Å². The van der Waals surface area contributed by atoms with Crippen molar-refractivity contribution < 1.29 is 19.1 Å². The van der Waals surface area contributed by atoms with E-state index in [1.54, 1.807) is 56.5 Å². The lowest BCUT2D eigenvalue weighted by atomic mass is 9.98. The Hall–Kier alpha value is -4.61. The third-order valence-electron chi connectivity index (χ3n) is 7.74. The lowest BCUT2D eigenvalue weighted by Gasteiger charge is -2.36. The quantitative estimate of drug-likeness (QED) is 0.259. The smallest absolute Gasteiger partial charge is 0.408 e. The molecule has 4 N–H and O–H groups in total. The first-order valence-electron chi connectivity index (χ1n) is 14.5. The minimum Gasteiger partial charge on any atom is -0.444 e. The van der Waals surface area contributed by atoms with Crippen LogP contribution in [0.2, 0.25) is 0 Å². The Morgan fingerprint density at radius 3 is 2.51 bits per heavy atom. The van der Waals surface area contributed by atoms with Gasteiger partial charge in [0.2, 0.25) is 11.8 Å². The first-order valence-corrected chi connectivity index (χ1v) is 14.5. The molecule has 4 heterocycles. The summed E-state index contributed by atoms with van der Waals surface area (Å²) < 4.78 is 7.09. The van der Waals surface area contributed by atoms with Crippen LogP contribution in [0.4, 0.5) is 4.79 Å². The Balaban J connectivity index is 1.34. The van der Waals surface area contributed by atoms with Crippen LogP contribution in [0, 0.1) is 0 Å². The number of carbonyl (C=O) groups excluding carboxylic acids is 3. The molecule has 12 nitrogen and oxygen atoms in total. The predicted molar refractivity (Wildman–Crippen MR) is 163 cm³/mol. The number of H-pyrrole nitrogens is 2. The zero-order valence-corrected chi connectivity index (χ0v) is 25.2. The number of hydrogen-bond acceptors (Lipinski definition) is 6. The molecule has 1 aliphatic rings. The Bertz CT molecular complexity index is 1700. The SMILES string of the molecule is CC(C)(C)OC(=O)NC(C)(C)C(=O)N[C@H](Cc1c[nH]c2ccccc12)C(=O)N1CCC(n2c(=O)[nH]c3cnccc32)CC1. The van der Waals surface area contributed by atoms with Gasteiger partial charge in [-0.2, -0.15) is 0 Å². The molecule has 1 aliphatic heterocycles. The number of amides is 3. The van der Waals surface area contributed by atoms with Crippen molar-refractivity contribution >= 4 is 39.8 Å². The second kappa shape index (κ2) is 11.6. The largest absolute Gasteiger partial charge is 0.444 e. The maximum Gasteiger partial charge on any atom is 0.408 e. The van der Waals surface area contributed by atoms with Crippen molar-refractivity contribution in [3.05, 3.63) is 65.0 Å². The fraction of sp³-hybridized carbons (Fsp3) is 0.452. The molecule has 5 rings (SSSR count). The Labute approximate surface area is 249 Å². The third kappa shape index (κ3) is 6.58. The number of piperidine rings is 1. The van der Waals surface area contributed by atoms with Gasteiger partial charge in [-0.15, -0.1) is 0 Å². The fourth-order valence-corrected chi connectivity index (χ4v) is 5.58. The molecule has 3 amide bonds. The molecule has 1 fully saturated rings. The van der Waals surface area contributed by atoms with Crippen molar-refractivity contribution in [3.63, 3.8) is 0 Å². The lowest BCUT2D eigenvalue weighted by molar-refractivity contribution is -0.138. The molecule has 3 aromatic heterocycles. The number of nitrogens with one attached hydrogen (secondary N) is 4. The highest BCUT2D eigenvalue weighted by Gasteiger charge is 2.37. The topological polar surface area (TPSA) is 154 Å². The van der Waals surface area contributed by atoms with Gasteiger partial charge in [-0.05, 0) is 65.2 Å². The van der Waals surface area contributed by atoms with Crippen molar-refractivity contribution in [2.75, 3.05) is 13.1 Å². The molecule has 1 atom stereocenters. The van der Waals surface area contributed by atoms with Crippen molar-refractivity contribution in [2.45, 2.75) is 77.1 Å². The van der Waals surface area contributed by atoms with Crippen molar-refractivity contribution in [1.29, 1.82) is 0 Å². The van der Waals surface area contributed by atoms with Gasteiger partial charge in [0.1, 0.15) is 17.2 Å². The van der Waals surface area contributed by atoms with E-state index in [-0.39, 0.29) is 24.1 Å². The van der Waals surface area contributed by atoms with Gasteiger partial charge in [0, 0.05) is 48.8 Å². The van der Waals surface area contributed by atoms with E-state index in [0.29, 0.717) is 31.4 Å². The van der Waals surface area contributed by atoms with Crippen LogP contribution in [-0.4, -0.2) is 72.6 Å². The molecule has 0 aliphatic carbocycles. The third-order valence-corrected chi connectivity index (χ3v) is 7.74. The number of aromatic nitrogens is 4. The number of rotatable bonds is 7. The van der Waals surface area contributed by atoms with Gasteiger partial charge in [-0.1, -0.05) is 18.2 Å². The summed E-state index contributed by atoms with van der Waals surface area (Å²) in [4.78, 5) is 64.6. The number of imidazole rings is 1. The number of benzene rings is 1. The summed E-state index contributed by atoms with van der Waals surface area (Å²) in [5.74, 6) is -0.731. The molecule has 1 aromatic carbocycles. The molecule has 228 valence electrons. The summed E-state index contributed by atoms with van der Waals surface area (Å²) in [6, 6.07) is 8.63. The van der Waals surface area contributed by atoms with Crippen molar-refractivity contribution in [3.8, 4) is 0 Å². The highest BCUT2D eigenvalue weighted by atomic mass is 16.6. The van der Waals surface area contributed by atoms with Gasteiger partial charge >= 0.3 is 11.8 Å². The van der Waals surface area contributed by atoms with E-state index in [2.05, 4.69) is 25.6 Å². The number of likely N-dealkylation sites (tertiary alicyclic amines) is 1. The van der Waals surface area contributed by atoms with Gasteiger partial charge in [0.15, 0.2) is 0 Å². The van der Waals surface area contributed by atoms with Crippen LogP contribution in [-0.2, 0) is 20.7 Å². The number of nitrogens with zero attached hydrogens (tertiary/aromatic N) is 3. The van der Waals surface area contributed by atoms with E-state index in [9.17, 15) is 19.2 Å². The normalized spacial score (nSPS) is 15.4. The zero-order chi connectivity index (χ0) is 30.9. The van der Waals surface area contributed by atoms with E-state index in [1.165, 1.54) is 0 Å². The van der Waals surface area contributed by atoms with Crippen LogP contribution in [0.25, 0.3) is 21.9 Å². The number of para-hydroxylation sites is 1. The average Bonchev–Trinajstić information content (AvgIpc) is 3.50. The summed E-state index contributed by atoms with van der Waals surface area (Å²) in [6.07, 6.45) is 5.83. The van der Waals surface area contributed by atoms with Crippen LogP contribution in [0.3, 0.4) is 0 Å². The summed E-state index contributed by atoms with van der Waals surface area (Å²) in [5.41, 5.74) is 1.01. The van der Waals surface area contributed by atoms with Crippen LogP contribution in [0.1, 0.15) is 59.1 Å². The van der Waals surface area contributed by atoms with E-state index < -0.39 is 29.2 Å². The Kier molecular flexibility index (Phi) is 8.04. The minimum absolute atomic E-state index is 0.0775. The summed E-state index contributed by atoms with van der Waals surface area (Å²) >= 11 is 0. The van der Waals surface area contributed by atoms with Crippen LogP contribution in [0.15, 0.2) is 53.7 Å². The molecule has 43 heavy (non-hydrogen) atoms. The number of fused-ring (bicyclic) bond motifs is 2. The predicted octanol–water partition coefficient (Wildman–Crippen LogP) is 3.40. The van der Waals surface area contributed by atoms with Gasteiger partial charge in [-0.3, -0.25) is 19.1 Å². The number of aromatic amines is 2. The average molecular weight is 590 g/mol. The monoisotopic (exact) mass is 589 g/mol. The van der Waals surface area contributed by atoms with E-state index >= 15 is 0 Å². The zero-order valence-electron chi connectivity index (χ0n) is 25.2. The molecule has 0 unspecified atom stereocenters. The molecule has 1 saturated heterocycles. The van der Waals surface area contributed by atoms with E-state index in [1.807, 2.05) is 36.5 Å². The second-order valence-electron chi connectivity index (χ2n) is 12.6. The van der Waals surface area contributed by atoms with E-state index in [0.717, 1.165) is 22.0 Å². The number of ether oxygens (including phenoxy) is 1. The Morgan fingerprint density at radius 2 is 1.79 bits per heavy atom. The molecule has 0 bridgehead atoms. The highest BCUT2D eigenvalue weighted by molar-refractivity contribution is 5.94. The van der Waals surface area contributed by atoms with E-state index in [4.69, 9.17) is 4.74 Å². The van der Waals surface area contributed by atoms with Crippen molar-refractivity contribution in [1.82, 2.24) is 35.1 Å². The highest BCUT2D eigenvalue weighted by Crippen LogP contribution is 2.26. The fourth-order valence-electron chi connectivity index (χ4n) is 5.58. The van der Waals surface area contributed by atoms with Gasteiger partial charge in [-0.25, -0.2) is 9.59 Å². The van der Waals surface area contributed by atoms with Crippen molar-refractivity contribution in [2.24, 2.45) is 0 Å². The second-order valence-corrected chi connectivity index (χ2v) is 12.6. The number of hydrogen-bond donors (Lipinski definition) is 4. The summed E-state index contributed by atoms with van der Waals surface area (Å²) in [7, 11) is 0. The molecule has 0 spiro atoms. The lowest BCUT2D eigenvalue weighted by Crippen LogP contribution is -2.60. The summed E-state index contributed by atoms with van der Waals surface area (Å²) in [6.45, 7) is 9.21. The Morgan fingerprint density at radius 1 is 1.07 bits per heavy atom.